The van der Waals surface area contributed by atoms with Crippen LogP contribution >= 0.6 is 7.82 Å². The highest BCUT2D eigenvalue weighted by molar-refractivity contribution is 7.46. The molecule has 0 aromatic rings. The first-order valence-electron chi connectivity index (χ1n) is 12.4. The normalized spacial score (nSPS) is 14.2. The summed E-state index contributed by atoms with van der Waals surface area (Å²) in [4.78, 5) is 28.5. The van der Waals surface area contributed by atoms with Crippen LogP contribution in [0.3, 0.4) is 0 Å². The van der Waals surface area contributed by atoms with Crippen LogP contribution in [0.4, 0.5) is 0 Å². The molecule has 0 amide bonds. The molecule has 0 bridgehead atoms. The first-order valence-corrected chi connectivity index (χ1v) is 14.0. The van der Waals surface area contributed by atoms with Crippen molar-refractivity contribution in [1.29, 1.82) is 0 Å². The van der Waals surface area contributed by atoms with Crippen LogP contribution in [0.5, 0.6) is 0 Å². The highest BCUT2D eigenvalue weighted by Crippen LogP contribution is 2.35. The Kier molecular flexibility index (Phi) is 16.8. The Morgan fingerprint density at radius 3 is 2.19 bits per heavy atom. The van der Waals surface area contributed by atoms with Gasteiger partial charge in [0, 0.05) is 0 Å². The number of phosphoric ester groups is 1. The van der Waals surface area contributed by atoms with Crippen LogP contribution in [0.15, 0.2) is 59.3 Å². The molecule has 0 aliphatic carbocycles. The number of phosphoric acid groups is 1. The summed E-state index contributed by atoms with van der Waals surface area (Å²) in [5, 5.41) is 9.07. The highest BCUT2D eigenvalue weighted by Gasteiger charge is 2.23. The topological polar surface area (TPSA) is 113 Å². The van der Waals surface area contributed by atoms with Crippen molar-refractivity contribution >= 4 is 13.8 Å². The molecule has 1 atom stereocenters. The summed E-state index contributed by atoms with van der Waals surface area (Å²) in [6.07, 6.45) is 16.1. The summed E-state index contributed by atoms with van der Waals surface area (Å²) in [6.45, 7) is 16.4. The Labute approximate surface area is 217 Å². The zero-order chi connectivity index (χ0) is 27.8. The zero-order valence-corrected chi connectivity index (χ0v) is 23.9. The van der Waals surface area contributed by atoms with E-state index < -0.39 is 26.5 Å². The van der Waals surface area contributed by atoms with Crippen molar-refractivity contribution in [2.45, 2.75) is 92.6 Å². The van der Waals surface area contributed by atoms with Crippen LogP contribution in [-0.4, -0.2) is 40.2 Å². The largest absolute Gasteiger partial charge is 0.479 e. The van der Waals surface area contributed by atoms with E-state index in [-0.39, 0.29) is 12.0 Å². The van der Waals surface area contributed by atoms with Gasteiger partial charge in [-0.05, 0) is 78.1 Å². The second kappa shape index (κ2) is 17.7. The summed E-state index contributed by atoms with van der Waals surface area (Å²) in [5.74, 6) is -1.34. The van der Waals surface area contributed by atoms with Gasteiger partial charge in [0.05, 0.1) is 13.2 Å². The van der Waals surface area contributed by atoms with Crippen molar-refractivity contribution in [3.05, 3.63) is 59.3 Å². The number of hydrogen-bond acceptors (Lipinski definition) is 4. The van der Waals surface area contributed by atoms with Gasteiger partial charge in [0.25, 0.3) is 0 Å². The first-order chi connectivity index (χ1) is 16.6. The van der Waals surface area contributed by atoms with Crippen LogP contribution in [0, 0.1) is 5.41 Å². The summed E-state index contributed by atoms with van der Waals surface area (Å²) >= 11 is 0. The molecule has 0 spiro atoms. The first kappa shape index (κ1) is 34.2. The molecule has 0 fully saturated rings. The van der Waals surface area contributed by atoms with E-state index in [1.807, 2.05) is 6.92 Å². The van der Waals surface area contributed by atoms with Crippen molar-refractivity contribution in [1.82, 2.24) is 0 Å². The van der Waals surface area contributed by atoms with Gasteiger partial charge in [-0.25, -0.2) is 9.36 Å². The minimum absolute atomic E-state index is 0.0213. The number of carboxylic acids is 1. The Hall–Kier alpha value is -1.76. The van der Waals surface area contributed by atoms with E-state index >= 15 is 0 Å². The molecule has 0 aromatic carbocycles. The van der Waals surface area contributed by atoms with Crippen LogP contribution in [0.25, 0.3) is 0 Å². The van der Waals surface area contributed by atoms with Crippen molar-refractivity contribution in [3.63, 3.8) is 0 Å². The lowest BCUT2D eigenvalue weighted by molar-refractivity contribution is -0.151. The number of hydrogen-bond donors (Lipinski definition) is 3. The maximum Gasteiger partial charge on any atom is 0.469 e. The molecular weight excluding hydrogens is 479 g/mol. The fourth-order valence-electron chi connectivity index (χ4n) is 3.17. The van der Waals surface area contributed by atoms with Crippen molar-refractivity contribution in [2.24, 2.45) is 5.41 Å². The van der Waals surface area contributed by atoms with Crippen molar-refractivity contribution < 1.29 is 33.5 Å². The zero-order valence-electron chi connectivity index (χ0n) is 23.0. The summed E-state index contributed by atoms with van der Waals surface area (Å²) < 4.78 is 20.1. The number of carbonyl (C=O) groups is 1. The maximum absolute atomic E-state index is 11.1. The van der Waals surface area contributed by atoms with E-state index in [2.05, 4.69) is 70.0 Å². The van der Waals surface area contributed by atoms with E-state index in [1.165, 1.54) is 16.7 Å². The number of carboxylic acid groups (broad SMARTS) is 1. The van der Waals surface area contributed by atoms with Gasteiger partial charge in [-0.15, -0.1) is 0 Å². The molecule has 7 nitrogen and oxygen atoms in total. The van der Waals surface area contributed by atoms with Crippen molar-refractivity contribution in [3.8, 4) is 0 Å². The Balaban J connectivity index is 4.38. The number of aliphatic carboxylic acids is 1. The van der Waals surface area contributed by atoms with Gasteiger partial charge in [0.15, 0.2) is 6.10 Å². The summed E-state index contributed by atoms with van der Waals surface area (Å²) in [7, 11) is -4.74. The molecule has 0 heterocycles. The third-order valence-electron chi connectivity index (χ3n) is 5.63. The van der Waals surface area contributed by atoms with E-state index in [9.17, 15) is 9.36 Å². The van der Waals surface area contributed by atoms with Gasteiger partial charge in [0.1, 0.15) is 0 Å². The Morgan fingerprint density at radius 1 is 1.00 bits per heavy atom. The molecular formula is C28H47O7P. The monoisotopic (exact) mass is 526 g/mol. The van der Waals surface area contributed by atoms with E-state index in [0.717, 1.165) is 50.5 Å². The molecule has 0 radical (unpaired) electrons. The summed E-state index contributed by atoms with van der Waals surface area (Å²) in [5.41, 5.74) is 5.13. The van der Waals surface area contributed by atoms with Crippen LogP contribution < -0.4 is 0 Å². The summed E-state index contributed by atoms with van der Waals surface area (Å²) in [6, 6.07) is 0. The number of ether oxygens (including phenoxy) is 1. The standard InChI is InChI=1S/C28H47O7P/c1-22(2)11-10-13-23(3)14-15-25(5)16-19-28(6,7)18-9-8-12-24(4)17-20-34-26(27(29)30)21-35-36(31,32)33/h9,11,14,17-18,26H,5,8,10,12-13,15-16,19-21H2,1-4,6-7H3,(H,29,30)(H2,31,32,33)/b18-9+,23-14+,24-17-/t26-/m1/s1. The molecule has 0 rings (SSSR count). The molecule has 0 saturated heterocycles. The minimum atomic E-state index is -4.74. The highest BCUT2D eigenvalue weighted by atomic mass is 31.2. The molecule has 0 unspecified atom stereocenters. The molecule has 206 valence electrons. The fourth-order valence-corrected chi connectivity index (χ4v) is 3.50. The molecule has 36 heavy (non-hydrogen) atoms. The second-order valence-corrected chi connectivity index (χ2v) is 11.5. The molecule has 0 aliphatic heterocycles. The molecule has 0 saturated carbocycles. The van der Waals surface area contributed by atoms with Gasteiger partial charge in [-0.1, -0.05) is 73.1 Å². The molecule has 0 aromatic heterocycles. The molecule has 0 aliphatic rings. The number of rotatable bonds is 19. The fraction of sp³-hybridized carbons (Fsp3) is 0.607. The van der Waals surface area contributed by atoms with Crippen LogP contribution in [0.1, 0.15) is 86.5 Å². The second-order valence-electron chi connectivity index (χ2n) is 10.3. The third kappa shape index (κ3) is 20.4. The van der Waals surface area contributed by atoms with E-state index in [0.29, 0.717) is 0 Å². The lowest BCUT2D eigenvalue weighted by atomic mass is 9.85. The average molecular weight is 527 g/mol. The Bertz CT molecular complexity index is 855. The van der Waals surface area contributed by atoms with Gasteiger partial charge >= 0.3 is 13.8 Å². The Morgan fingerprint density at radius 2 is 1.61 bits per heavy atom. The van der Waals surface area contributed by atoms with Crippen LogP contribution in [0.2, 0.25) is 0 Å². The maximum atomic E-state index is 11.1. The number of allylic oxidation sites excluding steroid dienone is 8. The lowest BCUT2D eigenvalue weighted by Gasteiger charge is -2.20. The van der Waals surface area contributed by atoms with Gasteiger partial charge in [-0.2, -0.15) is 0 Å². The smallest absolute Gasteiger partial charge is 0.469 e. The van der Waals surface area contributed by atoms with E-state index in [1.54, 1.807) is 6.08 Å². The molecule has 8 heteroatoms. The predicted molar refractivity (Wildman–Crippen MR) is 147 cm³/mol. The predicted octanol–water partition coefficient (Wildman–Crippen LogP) is 7.29. The SMILES string of the molecule is C=C(C/C=C(\C)CCC=C(C)C)CCC(C)(C)/C=C/CC/C(C)=C\CO[C@H](COP(=O)(O)O)C(=O)O. The van der Waals surface area contributed by atoms with E-state index in [4.69, 9.17) is 19.6 Å². The van der Waals surface area contributed by atoms with Gasteiger partial charge in [-0.3, -0.25) is 4.52 Å². The average Bonchev–Trinajstić information content (AvgIpc) is 2.75. The lowest BCUT2D eigenvalue weighted by Crippen LogP contribution is -2.29. The van der Waals surface area contributed by atoms with Crippen molar-refractivity contribution in [2.75, 3.05) is 13.2 Å². The van der Waals surface area contributed by atoms with Gasteiger partial charge in [0.2, 0.25) is 0 Å². The van der Waals surface area contributed by atoms with Gasteiger partial charge < -0.3 is 19.6 Å². The third-order valence-corrected chi connectivity index (χ3v) is 6.11. The minimum Gasteiger partial charge on any atom is -0.479 e. The quantitative estimate of drug-likeness (QED) is 0.120. The molecule has 3 N–H and O–H groups in total. The van der Waals surface area contributed by atoms with Crippen LogP contribution in [-0.2, 0) is 18.6 Å².